The zero-order chi connectivity index (χ0) is 9.26. The minimum Gasteiger partial charge on any atom is -0.351 e. The zero-order valence-corrected chi connectivity index (χ0v) is 8.28. The van der Waals surface area contributed by atoms with Gasteiger partial charge in [-0.25, -0.2) is 0 Å². The van der Waals surface area contributed by atoms with Crippen LogP contribution in [0.2, 0.25) is 0 Å². The molecule has 1 aliphatic rings. The van der Waals surface area contributed by atoms with Gasteiger partial charge in [-0.15, -0.1) is 11.8 Å². The third kappa shape index (κ3) is 1.70. The largest absolute Gasteiger partial charge is 0.351 e. The highest BCUT2D eigenvalue weighted by Crippen LogP contribution is 2.26. The van der Waals surface area contributed by atoms with E-state index in [1.165, 1.54) is 16.0 Å². The maximum atomic E-state index is 11.1. The summed E-state index contributed by atoms with van der Waals surface area (Å²) in [5, 5.41) is 2.88. The fraction of sp³-hybridized carbons (Fsp3) is 0.300. The minimum atomic E-state index is 0.126. The van der Waals surface area contributed by atoms with Gasteiger partial charge in [0.1, 0.15) is 0 Å². The smallest absolute Gasteiger partial charge is 0.230 e. The van der Waals surface area contributed by atoms with Crippen molar-refractivity contribution >= 4 is 17.7 Å². The first-order valence-electron chi connectivity index (χ1n) is 4.25. The number of carbonyl (C=O) groups is 1. The van der Waals surface area contributed by atoms with Gasteiger partial charge in [0.2, 0.25) is 5.91 Å². The molecular weight excluding hydrogens is 182 g/mol. The summed E-state index contributed by atoms with van der Waals surface area (Å²) in [6, 6.07) is 6.20. The number of amides is 1. The van der Waals surface area contributed by atoms with E-state index in [2.05, 4.69) is 24.4 Å². The molecule has 1 aromatic carbocycles. The van der Waals surface area contributed by atoms with Crippen LogP contribution in [0.4, 0.5) is 0 Å². The molecule has 2 rings (SSSR count). The van der Waals surface area contributed by atoms with Crippen LogP contribution in [0.5, 0.6) is 0 Å². The molecule has 1 aliphatic heterocycles. The van der Waals surface area contributed by atoms with Crippen LogP contribution < -0.4 is 5.32 Å². The maximum absolute atomic E-state index is 11.1. The molecule has 3 heteroatoms. The van der Waals surface area contributed by atoms with Gasteiger partial charge in [0, 0.05) is 11.4 Å². The molecule has 68 valence electrons. The fourth-order valence-electron chi connectivity index (χ4n) is 1.42. The topological polar surface area (TPSA) is 29.1 Å². The molecule has 0 saturated heterocycles. The van der Waals surface area contributed by atoms with Crippen molar-refractivity contribution in [1.29, 1.82) is 0 Å². The second-order valence-corrected chi connectivity index (χ2v) is 4.13. The van der Waals surface area contributed by atoms with Crippen molar-refractivity contribution < 1.29 is 4.79 Å². The summed E-state index contributed by atoms with van der Waals surface area (Å²) in [4.78, 5) is 12.4. The van der Waals surface area contributed by atoms with Gasteiger partial charge in [0.05, 0.1) is 5.75 Å². The summed E-state index contributed by atoms with van der Waals surface area (Å²) in [5.41, 5.74) is 2.52. The molecule has 2 nitrogen and oxygen atoms in total. The Bertz CT molecular complexity index is 349. The molecule has 0 aliphatic carbocycles. The molecule has 0 fully saturated rings. The van der Waals surface area contributed by atoms with Crippen LogP contribution in [-0.2, 0) is 11.3 Å². The molecule has 0 bridgehead atoms. The molecule has 1 N–H and O–H groups in total. The minimum absolute atomic E-state index is 0.126. The number of fused-ring (bicyclic) bond motifs is 1. The van der Waals surface area contributed by atoms with Crippen molar-refractivity contribution in [1.82, 2.24) is 5.32 Å². The van der Waals surface area contributed by atoms with Gasteiger partial charge in [-0.1, -0.05) is 12.1 Å². The number of aryl methyl sites for hydroxylation is 1. The Labute approximate surface area is 81.7 Å². The van der Waals surface area contributed by atoms with E-state index in [0.717, 1.165) is 0 Å². The molecule has 1 heterocycles. The lowest BCUT2D eigenvalue weighted by molar-refractivity contribution is -0.118. The summed E-state index contributed by atoms with van der Waals surface area (Å²) in [7, 11) is 0. The molecule has 0 saturated carbocycles. The van der Waals surface area contributed by atoms with Gasteiger partial charge >= 0.3 is 0 Å². The number of thioether (sulfide) groups is 1. The number of carbonyl (C=O) groups excluding carboxylic acids is 1. The lowest BCUT2D eigenvalue weighted by Gasteiger charge is -2.06. The first-order chi connectivity index (χ1) is 6.27. The van der Waals surface area contributed by atoms with E-state index in [0.29, 0.717) is 12.3 Å². The predicted molar refractivity (Wildman–Crippen MR) is 53.7 cm³/mol. The van der Waals surface area contributed by atoms with Gasteiger partial charge in [-0.05, 0) is 24.1 Å². The molecule has 13 heavy (non-hydrogen) atoms. The summed E-state index contributed by atoms with van der Waals surface area (Å²) in [6.45, 7) is 2.75. The van der Waals surface area contributed by atoms with Crippen LogP contribution >= 0.6 is 11.8 Å². The maximum Gasteiger partial charge on any atom is 0.230 e. The number of rotatable bonds is 0. The SMILES string of the molecule is Cc1cccc2c1CNC(=O)CS2. The van der Waals surface area contributed by atoms with Gasteiger partial charge in [0.15, 0.2) is 0 Å². The monoisotopic (exact) mass is 193 g/mol. The average Bonchev–Trinajstić information content (AvgIpc) is 2.30. The van der Waals surface area contributed by atoms with Crippen molar-refractivity contribution in [3.63, 3.8) is 0 Å². The lowest BCUT2D eigenvalue weighted by Crippen LogP contribution is -2.22. The van der Waals surface area contributed by atoms with E-state index < -0.39 is 0 Å². The number of hydrogen-bond donors (Lipinski definition) is 1. The van der Waals surface area contributed by atoms with Crippen molar-refractivity contribution in [3.05, 3.63) is 29.3 Å². The number of hydrogen-bond acceptors (Lipinski definition) is 2. The molecule has 1 amide bonds. The molecule has 0 aromatic heterocycles. The summed E-state index contributed by atoms with van der Waals surface area (Å²) >= 11 is 1.62. The average molecular weight is 193 g/mol. The van der Waals surface area contributed by atoms with E-state index in [4.69, 9.17) is 0 Å². The molecule has 1 aromatic rings. The predicted octanol–water partition coefficient (Wildman–Crippen LogP) is 1.72. The quantitative estimate of drug-likeness (QED) is 0.679. The van der Waals surface area contributed by atoms with Crippen LogP contribution in [0.1, 0.15) is 11.1 Å². The Morgan fingerprint density at radius 3 is 3.15 bits per heavy atom. The van der Waals surface area contributed by atoms with E-state index in [-0.39, 0.29) is 5.91 Å². The van der Waals surface area contributed by atoms with Crippen molar-refractivity contribution in [2.45, 2.75) is 18.4 Å². The number of nitrogens with one attached hydrogen (secondary N) is 1. The van der Waals surface area contributed by atoms with E-state index in [1.54, 1.807) is 11.8 Å². The molecule has 0 atom stereocenters. The highest BCUT2D eigenvalue weighted by Gasteiger charge is 2.13. The summed E-state index contributed by atoms with van der Waals surface area (Å²) in [6.07, 6.45) is 0. The van der Waals surface area contributed by atoms with Crippen LogP contribution in [0, 0.1) is 6.92 Å². The van der Waals surface area contributed by atoms with Crippen LogP contribution in [0.25, 0.3) is 0 Å². The summed E-state index contributed by atoms with van der Waals surface area (Å²) in [5.74, 6) is 0.664. The lowest BCUT2D eigenvalue weighted by atomic mass is 10.1. The Kier molecular flexibility index (Phi) is 2.27. The molecule has 0 radical (unpaired) electrons. The first kappa shape index (κ1) is 8.63. The van der Waals surface area contributed by atoms with Crippen LogP contribution in [-0.4, -0.2) is 11.7 Å². The molecular formula is C10H11NOS. The van der Waals surface area contributed by atoms with Crippen LogP contribution in [0.3, 0.4) is 0 Å². The third-order valence-electron chi connectivity index (χ3n) is 2.19. The summed E-state index contributed by atoms with van der Waals surface area (Å²) < 4.78 is 0. The van der Waals surface area contributed by atoms with Gasteiger partial charge in [-0.3, -0.25) is 4.79 Å². The Morgan fingerprint density at radius 2 is 2.31 bits per heavy atom. The highest BCUT2D eigenvalue weighted by atomic mass is 32.2. The number of benzene rings is 1. The fourth-order valence-corrected chi connectivity index (χ4v) is 2.39. The standard InChI is InChI=1S/C10H11NOS/c1-7-3-2-4-9-8(7)5-11-10(12)6-13-9/h2-4H,5-6H2,1H3,(H,11,12). The Hall–Kier alpha value is -0.960. The second-order valence-electron chi connectivity index (χ2n) is 3.12. The highest BCUT2D eigenvalue weighted by molar-refractivity contribution is 8.00. The van der Waals surface area contributed by atoms with Crippen molar-refractivity contribution in [2.75, 3.05) is 5.75 Å². The first-order valence-corrected chi connectivity index (χ1v) is 5.24. The third-order valence-corrected chi connectivity index (χ3v) is 3.29. The normalized spacial score (nSPS) is 15.9. The van der Waals surface area contributed by atoms with E-state index >= 15 is 0 Å². The van der Waals surface area contributed by atoms with Gasteiger partial charge < -0.3 is 5.32 Å². The zero-order valence-electron chi connectivity index (χ0n) is 7.46. The molecule has 0 spiro atoms. The van der Waals surface area contributed by atoms with Gasteiger partial charge in [-0.2, -0.15) is 0 Å². The van der Waals surface area contributed by atoms with E-state index in [9.17, 15) is 4.79 Å². The second kappa shape index (κ2) is 3.42. The Morgan fingerprint density at radius 1 is 1.46 bits per heavy atom. The Balaban J connectivity index is 2.40. The van der Waals surface area contributed by atoms with Crippen molar-refractivity contribution in [3.8, 4) is 0 Å². The van der Waals surface area contributed by atoms with Crippen molar-refractivity contribution in [2.24, 2.45) is 0 Å². The van der Waals surface area contributed by atoms with E-state index in [1.807, 2.05) is 6.07 Å². The van der Waals surface area contributed by atoms with Gasteiger partial charge in [0.25, 0.3) is 0 Å². The molecule has 0 unspecified atom stereocenters. The van der Waals surface area contributed by atoms with Crippen LogP contribution in [0.15, 0.2) is 23.1 Å².